The van der Waals surface area contributed by atoms with Gasteiger partial charge in [0.2, 0.25) is 5.95 Å². The number of para-hydroxylation sites is 1. The number of hydrogen-bond acceptors (Lipinski definition) is 7. The zero-order valence-electron chi connectivity index (χ0n) is 15.2. The highest BCUT2D eigenvalue weighted by molar-refractivity contribution is 5.55. The summed E-state index contributed by atoms with van der Waals surface area (Å²) in [5.41, 5.74) is 2.16. The second kappa shape index (κ2) is 7.90. The average molecular weight is 362 g/mol. The van der Waals surface area contributed by atoms with Crippen molar-refractivity contribution in [2.24, 2.45) is 0 Å². The van der Waals surface area contributed by atoms with Gasteiger partial charge in [-0.3, -0.25) is 0 Å². The first-order valence-electron chi connectivity index (χ1n) is 8.97. The Morgan fingerprint density at radius 2 is 1.59 bits per heavy atom. The predicted molar refractivity (Wildman–Crippen MR) is 107 cm³/mol. The fourth-order valence-electron chi connectivity index (χ4n) is 3.14. The summed E-state index contributed by atoms with van der Waals surface area (Å²) in [7, 11) is 1.68. The third kappa shape index (κ3) is 4.08. The van der Waals surface area contributed by atoms with Gasteiger partial charge in [-0.2, -0.15) is 10.1 Å². The Kier molecular flexibility index (Phi) is 5.00. The Morgan fingerprint density at radius 1 is 0.889 bits per heavy atom. The van der Waals surface area contributed by atoms with E-state index in [0.717, 1.165) is 43.4 Å². The molecular weight excluding hydrogens is 340 g/mol. The molecule has 1 aliphatic heterocycles. The minimum atomic E-state index is 0.510. The minimum absolute atomic E-state index is 0.510. The fraction of sp³-hybridized carbons (Fsp3) is 0.250. The number of ether oxygens (including phenoxy) is 1. The van der Waals surface area contributed by atoms with Crippen molar-refractivity contribution < 1.29 is 4.74 Å². The fourth-order valence-corrected chi connectivity index (χ4v) is 3.14. The molecule has 7 nitrogen and oxygen atoms in total. The van der Waals surface area contributed by atoms with Gasteiger partial charge in [0, 0.05) is 37.6 Å². The van der Waals surface area contributed by atoms with Crippen LogP contribution in [-0.2, 0) is 0 Å². The molecule has 138 valence electrons. The lowest BCUT2D eigenvalue weighted by atomic mass is 10.2. The molecule has 0 aliphatic carbocycles. The maximum atomic E-state index is 5.23. The molecule has 2 aromatic carbocycles. The van der Waals surface area contributed by atoms with Crippen LogP contribution < -0.4 is 19.9 Å². The number of benzene rings is 2. The van der Waals surface area contributed by atoms with E-state index in [1.54, 1.807) is 13.3 Å². The molecule has 0 atom stereocenters. The van der Waals surface area contributed by atoms with E-state index in [-0.39, 0.29) is 0 Å². The molecule has 1 aliphatic rings. The van der Waals surface area contributed by atoms with Gasteiger partial charge in [-0.25, -0.2) is 0 Å². The van der Waals surface area contributed by atoms with E-state index in [1.807, 2.05) is 42.5 Å². The van der Waals surface area contributed by atoms with Gasteiger partial charge >= 0.3 is 0 Å². The normalized spacial score (nSPS) is 14.1. The van der Waals surface area contributed by atoms with Gasteiger partial charge in [0.05, 0.1) is 13.3 Å². The van der Waals surface area contributed by atoms with Gasteiger partial charge in [-0.15, -0.1) is 5.10 Å². The summed E-state index contributed by atoms with van der Waals surface area (Å²) in [6.45, 7) is 3.63. The lowest BCUT2D eigenvalue weighted by Gasteiger charge is -2.36. The maximum Gasteiger partial charge on any atom is 0.249 e. The largest absolute Gasteiger partial charge is 0.497 e. The second-order valence-corrected chi connectivity index (χ2v) is 6.30. The number of anilines is 4. The molecule has 1 aromatic heterocycles. The molecule has 3 aromatic rings. The Balaban J connectivity index is 1.39. The van der Waals surface area contributed by atoms with Gasteiger partial charge in [0.15, 0.2) is 5.82 Å². The van der Waals surface area contributed by atoms with Crippen LogP contribution in [0.15, 0.2) is 60.8 Å². The van der Waals surface area contributed by atoms with Crippen LogP contribution in [0.5, 0.6) is 5.75 Å². The van der Waals surface area contributed by atoms with Gasteiger partial charge in [0.25, 0.3) is 0 Å². The number of rotatable bonds is 5. The first-order chi connectivity index (χ1) is 13.3. The van der Waals surface area contributed by atoms with Crippen LogP contribution in [0.2, 0.25) is 0 Å². The summed E-state index contributed by atoms with van der Waals surface area (Å²) in [6.07, 6.45) is 1.72. The highest BCUT2D eigenvalue weighted by Crippen LogP contribution is 2.22. The maximum absolute atomic E-state index is 5.23. The van der Waals surface area contributed by atoms with Gasteiger partial charge in [-0.05, 0) is 36.4 Å². The molecule has 1 saturated heterocycles. The van der Waals surface area contributed by atoms with E-state index < -0.39 is 0 Å². The highest BCUT2D eigenvalue weighted by Gasteiger charge is 2.19. The highest BCUT2D eigenvalue weighted by atomic mass is 16.5. The Hall–Kier alpha value is -3.35. The number of methoxy groups -OCH3 is 1. The second-order valence-electron chi connectivity index (χ2n) is 6.30. The van der Waals surface area contributed by atoms with E-state index in [1.165, 1.54) is 5.69 Å². The first-order valence-corrected chi connectivity index (χ1v) is 8.97. The van der Waals surface area contributed by atoms with Crippen molar-refractivity contribution in [2.75, 3.05) is 48.4 Å². The lowest BCUT2D eigenvalue weighted by molar-refractivity contribution is 0.415. The number of hydrogen-bond donors (Lipinski definition) is 1. The quantitative estimate of drug-likeness (QED) is 0.748. The molecule has 0 unspecified atom stereocenters. The first kappa shape index (κ1) is 17.1. The van der Waals surface area contributed by atoms with Gasteiger partial charge in [-0.1, -0.05) is 18.2 Å². The summed E-state index contributed by atoms with van der Waals surface area (Å²) in [5.74, 6) is 2.23. The van der Waals surface area contributed by atoms with Crippen molar-refractivity contribution in [3.05, 3.63) is 60.8 Å². The van der Waals surface area contributed by atoms with Crippen LogP contribution >= 0.6 is 0 Å². The lowest BCUT2D eigenvalue weighted by Crippen LogP contribution is -2.46. The molecule has 2 heterocycles. The van der Waals surface area contributed by atoms with Crippen LogP contribution in [-0.4, -0.2) is 48.5 Å². The Labute approximate surface area is 158 Å². The molecule has 1 N–H and O–H groups in total. The molecule has 0 radical (unpaired) electrons. The molecule has 0 bridgehead atoms. The van der Waals surface area contributed by atoms with Crippen molar-refractivity contribution in [3.63, 3.8) is 0 Å². The smallest absolute Gasteiger partial charge is 0.249 e. The number of piperazine rings is 1. The molecule has 0 amide bonds. The Bertz CT molecular complexity index is 863. The van der Waals surface area contributed by atoms with E-state index in [4.69, 9.17) is 4.74 Å². The topological polar surface area (TPSA) is 66.4 Å². The predicted octanol–water partition coefficient (Wildman–Crippen LogP) is 2.95. The van der Waals surface area contributed by atoms with Crippen molar-refractivity contribution in [2.45, 2.75) is 0 Å². The third-order valence-corrected chi connectivity index (χ3v) is 4.62. The summed E-state index contributed by atoms with van der Waals surface area (Å²) in [6, 6.07) is 18.1. The van der Waals surface area contributed by atoms with Crippen molar-refractivity contribution in [1.29, 1.82) is 0 Å². The summed E-state index contributed by atoms with van der Waals surface area (Å²) in [5, 5.41) is 11.4. The molecule has 7 heteroatoms. The van der Waals surface area contributed by atoms with Crippen LogP contribution in [0.4, 0.5) is 23.1 Å². The third-order valence-electron chi connectivity index (χ3n) is 4.62. The molecule has 27 heavy (non-hydrogen) atoms. The van der Waals surface area contributed by atoms with Crippen molar-refractivity contribution in [3.8, 4) is 5.75 Å². The molecule has 4 rings (SSSR count). The zero-order chi connectivity index (χ0) is 18.5. The standard InChI is InChI=1S/C20H22N6O/c1-27-18-9-7-17(8-10-18)25-11-13-26(14-12-25)19-15-21-24-20(23-19)22-16-5-3-2-4-6-16/h2-10,15H,11-14H2,1H3,(H,22,23,24). The van der Waals surface area contributed by atoms with Gasteiger partial charge < -0.3 is 19.9 Å². The Morgan fingerprint density at radius 3 is 2.30 bits per heavy atom. The minimum Gasteiger partial charge on any atom is -0.497 e. The van der Waals surface area contributed by atoms with Crippen LogP contribution in [0, 0.1) is 0 Å². The summed E-state index contributed by atoms with van der Waals surface area (Å²) < 4.78 is 5.23. The summed E-state index contributed by atoms with van der Waals surface area (Å²) in [4.78, 5) is 9.23. The van der Waals surface area contributed by atoms with Crippen molar-refractivity contribution >= 4 is 23.1 Å². The van der Waals surface area contributed by atoms with Gasteiger partial charge in [0.1, 0.15) is 5.75 Å². The molecular formula is C20H22N6O. The van der Waals surface area contributed by atoms with Crippen molar-refractivity contribution in [1.82, 2.24) is 15.2 Å². The molecule has 0 saturated carbocycles. The summed E-state index contributed by atoms with van der Waals surface area (Å²) >= 11 is 0. The molecule has 1 fully saturated rings. The number of aromatic nitrogens is 3. The SMILES string of the molecule is COc1ccc(N2CCN(c3cnnc(Nc4ccccc4)n3)CC2)cc1. The van der Waals surface area contributed by atoms with E-state index in [0.29, 0.717) is 5.95 Å². The van der Waals surface area contributed by atoms with E-state index in [2.05, 4.69) is 42.4 Å². The van der Waals surface area contributed by atoms with E-state index in [9.17, 15) is 0 Å². The number of nitrogens with one attached hydrogen (secondary N) is 1. The monoisotopic (exact) mass is 362 g/mol. The van der Waals surface area contributed by atoms with Crippen LogP contribution in [0.1, 0.15) is 0 Å². The number of nitrogens with zero attached hydrogens (tertiary/aromatic N) is 5. The van der Waals surface area contributed by atoms with Crippen LogP contribution in [0.3, 0.4) is 0 Å². The molecule has 0 spiro atoms. The zero-order valence-corrected chi connectivity index (χ0v) is 15.2. The van der Waals surface area contributed by atoms with E-state index >= 15 is 0 Å². The average Bonchev–Trinajstić information content (AvgIpc) is 2.75. The van der Waals surface area contributed by atoms with Crippen LogP contribution in [0.25, 0.3) is 0 Å².